The summed E-state index contributed by atoms with van der Waals surface area (Å²) in [6.45, 7) is 5.36. The molecular weight excluding hydrogens is 444 g/mol. The molecule has 0 atom stereocenters. The second-order valence-corrected chi connectivity index (χ2v) is 10.7. The van der Waals surface area contributed by atoms with Crippen LogP contribution in [0.1, 0.15) is 25.0 Å². The van der Waals surface area contributed by atoms with Crippen molar-refractivity contribution < 1.29 is 13.2 Å². The monoisotopic (exact) mass is 470 g/mol. The predicted octanol–water partition coefficient (Wildman–Crippen LogP) is 4.98. The number of halogens is 1. The maximum atomic E-state index is 13.4. The quantitative estimate of drug-likeness (QED) is 0.504. The zero-order valence-corrected chi connectivity index (χ0v) is 20.0. The largest absolute Gasteiger partial charge is 0.349 e. The van der Waals surface area contributed by atoms with Gasteiger partial charge in [0.25, 0.3) is 10.0 Å². The van der Waals surface area contributed by atoms with Gasteiger partial charge >= 0.3 is 0 Å². The molecule has 0 radical (unpaired) electrons. The molecule has 0 bridgehead atoms. The molecule has 5 nitrogen and oxygen atoms in total. The van der Waals surface area contributed by atoms with Gasteiger partial charge in [-0.3, -0.25) is 9.10 Å². The third-order valence-corrected chi connectivity index (χ3v) is 7.02. The van der Waals surface area contributed by atoms with Crippen LogP contribution in [0.5, 0.6) is 0 Å². The van der Waals surface area contributed by atoms with Crippen LogP contribution in [0.2, 0.25) is 5.02 Å². The number of amides is 1. The molecule has 168 valence electrons. The summed E-state index contributed by atoms with van der Waals surface area (Å²) in [6, 6.07) is 22.8. The number of nitrogens with zero attached hydrogens (tertiary/aromatic N) is 1. The minimum absolute atomic E-state index is 0.120. The SMILES string of the molecule is Cc1ccc(S(=O)(=O)N(CC(=O)NC(C)(C)Cc2ccccc2)c2ccc(Cl)cc2)cc1. The van der Waals surface area contributed by atoms with Gasteiger partial charge in [0, 0.05) is 10.6 Å². The van der Waals surface area contributed by atoms with Crippen molar-refractivity contribution in [3.05, 3.63) is 95.0 Å². The molecule has 3 rings (SSSR count). The van der Waals surface area contributed by atoms with E-state index in [-0.39, 0.29) is 11.4 Å². The Kier molecular flexibility index (Phi) is 7.26. The first-order valence-corrected chi connectivity index (χ1v) is 12.1. The van der Waals surface area contributed by atoms with E-state index in [4.69, 9.17) is 11.6 Å². The average Bonchev–Trinajstić information content (AvgIpc) is 2.73. The van der Waals surface area contributed by atoms with Crippen LogP contribution < -0.4 is 9.62 Å². The Morgan fingerprint density at radius 3 is 2.12 bits per heavy atom. The Labute approximate surface area is 195 Å². The van der Waals surface area contributed by atoms with E-state index in [0.29, 0.717) is 17.1 Å². The summed E-state index contributed by atoms with van der Waals surface area (Å²) in [5.74, 6) is -0.392. The van der Waals surface area contributed by atoms with Gasteiger partial charge in [-0.1, -0.05) is 59.6 Å². The molecular formula is C25H27ClN2O3S. The van der Waals surface area contributed by atoms with Crippen LogP contribution in [0.4, 0.5) is 5.69 Å². The van der Waals surface area contributed by atoms with Crippen LogP contribution in [0.3, 0.4) is 0 Å². The van der Waals surface area contributed by atoms with Crippen LogP contribution in [-0.2, 0) is 21.2 Å². The van der Waals surface area contributed by atoms with E-state index in [0.717, 1.165) is 15.4 Å². The Bertz CT molecular complexity index is 1160. The van der Waals surface area contributed by atoms with E-state index in [1.54, 1.807) is 48.5 Å². The van der Waals surface area contributed by atoms with E-state index in [1.807, 2.05) is 51.1 Å². The van der Waals surface area contributed by atoms with Crippen LogP contribution in [-0.4, -0.2) is 26.4 Å². The molecule has 0 heterocycles. The Morgan fingerprint density at radius 1 is 0.938 bits per heavy atom. The number of carbonyl (C=O) groups excluding carboxylic acids is 1. The van der Waals surface area contributed by atoms with E-state index >= 15 is 0 Å². The van der Waals surface area contributed by atoms with Gasteiger partial charge in [-0.25, -0.2) is 8.42 Å². The Morgan fingerprint density at radius 2 is 1.53 bits per heavy atom. The summed E-state index contributed by atoms with van der Waals surface area (Å²) in [7, 11) is -3.96. The van der Waals surface area contributed by atoms with Gasteiger partial charge in [-0.2, -0.15) is 0 Å². The lowest BCUT2D eigenvalue weighted by atomic mass is 9.95. The molecule has 0 saturated carbocycles. The van der Waals surface area contributed by atoms with Gasteiger partial charge < -0.3 is 5.32 Å². The third-order valence-electron chi connectivity index (χ3n) is 4.98. The van der Waals surface area contributed by atoms with Crippen molar-refractivity contribution in [3.63, 3.8) is 0 Å². The van der Waals surface area contributed by atoms with Crippen LogP contribution in [0.25, 0.3) is 0 Å². The minimum Gasteiger partial charge on any atom is -0.349 e. The zero-order chi connectivity index (χ0) is 23.4. The molecule has 3 aromatic rings. The highest BCUT2D eigenvalue weighted by Gasteiger charge is 2.29. The highest BCUT2D eigenvalue weighted by Crippen LogP contribution is 2.25. The molecule has 0 aliphatic carbocycles. The van der Waals surface area contributed by atoms with Crippen molar-refractivity contribution >= 4 is 33.2 Å². The lowest BCUT2D eigenvalue weighted by Gasteiger charge is -2.29. The molecule has 1 amide bonds. The summed E-state index contributed by atoms with van der Waals surface area (Å²) < 4.78 is 28.0. The lowest BCUT2D eigenvalue weighted by Crippen LogP contribution is -2.50. The lowest BCUT2D eigenvalue weighted by molar-refractivity contribution is -0.121. The predicted molar refractivity (Wildman–Crippen MR) is 130 cm³/mol. The van der Waals surface area contributed by atoms with Crippen molar-refractivity contribution in [2.24, 2.45) is 0 Å². The molecule has 1 N–H and O–H groups in total. The number of nitrogens with one attached hydrogen (secondary N) is 1. The van der Waals surface area contributed by atoms with Gasteiger partial charge in [0.2, 0.25) is 5.91 Å². The Balaban J connectivity index is 1.86. The number of benzene rings is 3. The second kappa shape index (κ2) is 9.76. The number of hydrogen-bond acceptors (Lipinski definition) is 3. The van der Waals surface area contributed by atoms with Gasteiger partial charge in [0.15, 0.2) is 0 Å². The third kappa shape index (κ3) is 6.11. The second-order valence-electron chi connectivity index (χ2n) is 8.40. The molecule has 0 aromatic heterocycles. The highest BCUT2D eigenvalue weighted by molar-refractivity contribution is 7.92. The Hall–Kier alpha value is -2.83. The molecule has 0 fully saturated rings. The highest BCUT2D eigenvalue weighted by atomic mass is 35.5. The fraction of sp³-hybridized carbons (Fsp3) is 0.240. The summed E-state index contributed by atoms with van der Waals surface area (Å²) in [6.07, 6.45) is 0.616. The van der Waals surface area contributed by atoms with E-state index in [1.165, 1.54) is 0 Å². The zero-order valence-electron chi connectivity index (χ0n) is 18.4. The first-order valence-electron chi connectivity index (χ1n) is 10.3. The van der Waals surface area contributed by atoms with Crippen molar-refractivity contribution in [2.45, 2.75) is 37.6 Å². The first kappa shape index (κ1) is 23.8. The molecule has 3 aromatic carbocycles. The van der Waals surface area contributed by atoms with Crippen LogP contribution in [0.15, 0.2) is 83.8 Å². The molecule has 0 saturated heterocycles. The maximum Gasteiger partial charge on any atom is 0.264 e. The number of sulfonamides is 1. The fourth-order valence-corrected chi connectivity index (χ4v) is 5.00. The van der Waals surface area contributed by atoms with Gasteiger partial charge in [0.1, 0.15) is 6.54 Å². The average molecular weight is 471 g/mol. The molecule has 32 heavy (non-hydrogen) atoms. The molecule has 0 aliphatic rings. The number of hydrogen-bond donors (Lipinski definition) is 1. The topological polar surface area (TPSA) is 66.5 Å². The van der Waals surface area contributed by atoms with Gasteiger partial charge in [-0.05, 0) is 69.2 Å². The van der Waals surface area contributed by atoms with E-state index < -0.39 is 21.5 Å². The molecule has 0 unspecified atom stereocenters. The van der Waals surface area contributed by atoms with Crippen molar-refractivity contribution in [1.29, 1.82) is 0 Å². The van der Waals surface area contributed by atoms with Crippen LogP contribution in [0, 0.1) is 6.92 Å². The standard InChI is InChI=1S/C25H27ClN2O3S/c1-19-9-15-23(16-10-19)32(30,31)28(22-13-11-21(26)12-14-22)18-24(29)27-25(2,3)17-20-7-5-4-6-8-20/h4-16H,17-18H2,1-3H3,(H,27,29). The molecule has 0 aliphatic heterocycles. The summed E-state index contributed by atoms with van der Waals surface area (Å²) in [5.41, 5.74) is 1.84. The van der Waals surface area contributed by atoms with Crippen molar-refractivity contribution in [2.75, 3.05) is 10.8 Å². The molecule has 0 spiro atoms. The first-order chi connectivity index (χ1) is 15.1. The summed E-state index contributed by atoms with van der Waals surface area (Å²) >= 11 is 5.99. The smallest absolute Gasteiger partial charge is 0.264 e. The van der Waals surface area contributed by atoms with Crippen molar-refractivity contribution in [3.8, 4) is 0 Å². The number of rotatable bonds is 8. The normalized spacial score (nSPS) is 11.8. The number of carbonyl (C=O) groups is 1. The number of anilines is 1. The fourth-order valence-electron chi connectivity index (χ4n) is 3.46. The van der Waals surface area contributed by atoms with Gasteiger partial charge in [-0.15, -0.1) is 0 Å². The minimum atomic E-state index is -3.96. The van der Waals surface area contributed by atoms with Crippen LogP contribution >= 0.6 is 11.6 Å². The summed E-state index contributed by atoms with van der Waals surface area (Å²) in [5, 5.41) is 3.46. The van der Waals surface area contributed by atoms with E-state index in [2.05, 4.69) is 5.32 Å². The van der Waals surface area contributed by atoms with E-state index in [9.17, 15) is 13.2 Å². The molecule has 7 heteroatoms. The summed E-state index contributed by atoms with van der Waals surface area (Å²) in [4.78, 5) is 13.1. The van der Waals surface area contributed by atoms with Crippen molar-refractivity contribution in [1.82, 2.24) is 5.32 Å². The maximum absolute atomic E-state index is 13.4. The number of aryl methyl sites for hydroxylation is 1. The van der Waals surface area contributed by atoms with Gasteiger partial charge in [0.05, 0.1) is 10.6 Å².